The van der Waals surface area contributed by atoms with Crippen molar-refractivity contribution in [3.63, 3.8) is 0 Å². The second-order valence-electron chi connectivity index (χ2n) is 4.20. The van der Waals surface area contributed by atoms with E-state index in [-0.39, 0.29) is 9.92 Å². The molecule has 1 aromatic heterocycles. The molecule has 0 bridgehead atoms. The zero-order valence-corrected chi connectivity index (χ0v) is 12.9. The summed E-state index contributed by atoms with van der Waals surface area (Å²) in [6.45, 7) is 1.74. The number of sulfonamides is 1. The Labute approximate surface area is 127 Å². The standard InChI is InChI=1S/C13H12Cl2N2O2S/c1-9(10-2-4-11(14)5-3-10)17-20(18,19)13-8-16-7-6-12(13)15/h2-9,17H,1H3. The SMILES string of the molecule is CC(NS(=O)(=O)c1cnccc1Cl)c1ccc(Cl)cc1. The molecule has 0 aliphatic rings. The van der Waals surface area contributed by atoms with Crippen LogP contribution in [0.2, 0.25) is 10.0 Å². The van der Waals surface area contributed by atoms with Crippen LogP contribution in [0.3, 0.4) is 0 Å². The van der Waals surface area contributed by atoms with Gasteiger partial charge >= 0.3 is 0 Å². The molecule has 0 aliphatic heterocycles. The molecule has 20 heavy (non-hydrogen) atoms. The van der Waals surface area contributed by atoms with Crippen molar-refractivity contribution in [3.05, 3.63) is 58.3 Å². The number of hydrogen-bond acceptors (Lipinski definition) is 3. The van der Waals surface area contributed by atoms with Gasteiger partial charge in [-0.2, -0.15) is 0 Å². The summed E-state index contributed by atoms with van der Waals surface area (Å²) in [4.78, 5) is 3.74. The molecule has 0 aliphatic carbocycles. The maximum atomic E-state index is 12.2. The number of pyridine rings is 1. The van der Waals surface area contributed by atoms with Crippen LogP contribution in [0.25, 0.3) is 0 Å². The van der Waals surface area contributed by atoms with Gasteiger partial charge in [-0.15, -0.1) is 0 Å². The topological polar surface area (TPSA) is 59.1 Å². The fourth-order valence-corrected chi connectivity index (χ4v) is 3.47. The maximum absolute atomic E-state index is 12.2. The molecular weight excluding hydrogens is 319 g/mol. The number of hydrogen-bond donors (Lipinski definition) is 1. The lowest BCUT2D eigenvalue weighted by Crippen LogP contribution is -2.27. The Morgan fingerprint density at radius 2 is 1.80 bits per heavy atom. The lowest BCUT2D eigenvalue weighted by atomic mass is 10.1. The molecule has 2 aromatic rings. The zero-order valence-electron chi connectivity index (χ0n) is 10.5. The maximum Gasteiger partial charge on any atom is 0.244 e. The number of aromatic nitrogens is 1. The molecule has 1 aromatic carbocycles. The average molecular weight is 331 g/mol. The minimum atomic E-state index is -3.73. The normalized spacial score (nSPS) is 13.2. The van der Waals surface area contributed by atoms with Gasteiger partial charge < -0.3 is 0 Å². The van der Waals surface area contributed by atoms with Gasteiger partial charge in [0.15, 0.2) is 0 Å². The van der Waals surface area contributed by atoms with Crippen LogP contribution in [0.4, 0.5) is 0 Å². The van der Waals surface area contributed by atoms with Gasteiger partial charge in [0, 0.05) is 23.5 Å². The largest absolute Gasteiger partial charge is 0.263 e. The third kappa shape index (κ3) is 3.49. The van der Waals surface area contributed by atoms with E-state index in [1.54, 1.807) is 31.2 Å². The molecule has 1 heterocycles. The van der Waals surface area contributed by atoms with Crippen LogP contribution in [0.15, 0.2) is 47.6 Å². The van der Waals surface area contributed by atoms with Crippen molar-refractivity contribution in [3.8, 4) is 0 Å². The van der Waals surface area contributed by atoms with E-state index in [0.717, 1.165) is 5.56 Å². The number of nitrogens with zero attached hydrogens (tertiary/aromatic N) is 1. The Morgan fingerprint density at radius 3 is 2.40 bits per heavy atom. The van der Waals surface area contributed by atoms with E-state index in [1.807, 2.05) is 0 Å². The van der Waals surface area contributed by atoms with Gasteiger partial charge in [-0.3, -0.25) is 4.98 Å². The second kappa shape index (κ2) is 6.10. The molecular formula is C13H12Cl2N2O2S. The van der Waals surface area contributed by atoms with E-state index in [0.29, 0.717) is 5.02 Å². The highest BCUT2D eigenvalue weighted by Gasteiger charge is 2.21. The van der Waals surface area contributed by atoms with Gasteiger partial charge in [-0.05, 0) is 30.7 Å². The predicted octanol–water partition coefficient (Wildman–Crippen LogP) is 3.43. The summed E-state index contributed by atoms with van der Waals surface area (Å²) in [5.74, 6) is 0. The molecule has 0 radical (unpaired) electrons. The van der Waals surface area contributed by atoms with E-state index in [1.165, 1.54) is 18.5 Å². The quantitative estimate of drug-likeness (QED) is 0.934. The monoisotopic (exact) mass is 330 g/mol. The summed E-state index contributed by atoms with van der Waals surface area (Å²) in [5, 5.41) is 0.731. The summed E-state index contributed by atoms with van der Waals surface area (Å²) < 4.78 is 27.0. The van der Waals surface area contributed by atoms with Crippen molar-refractivity contribution in [1.82, 2.24) is 9.71 Å². The smallest absolute Gasteiger partial charge is 0.244 e. The molecule has 4 nitrogen and oxygen atoms in total. The predicted molar refractivity (Wildman–Crippen MR) is 79.4 cm³/mol. The highest BCUT2D eigenvalue weighted by molar-refractivity contribution is 7.89. The number of halogens is 2. The van der Waals surface area contributed by atoms with Crippen LogP contribution in [-0.4, -0.2) is 13.4 Å². The number of benzene rings is 1. The summed E-state index contributed by atoms with van der Waals surface area (Å²) in [6.07, 6.45) is 2.66. The molecule has 7 heteroatoms. The molecule has 0 saturated carbocycles. The molecule has 2 rings (SSSR count). The van der Waals surface area contributed by atoms with Gasteiger partial charge in [-0.25, -0.2) is 13.1 Å². The molecule has 0 spiro atoms. The first kappa shape index (κ1) is 15.3. The van der Waals surface area contributed by atoms with Crippen molar-refractivity contribution in [1.29, 1.82) is 0 Å². The minimum absolute atomic E-state index is 0.0394. The van der Waals surface area contributed by atoms with E-state index < -0.39 is 16.1 Å². The van der Waals surface area contributed by atoms with Gasteiger partial charge in [0.25, 0.3) is 0 Å². The van der Waals surface area contributed by atoms with E-state index in [9.17, 15) is 8.42 Å². The summed E-state index contributed by atoms with van der Waals surface area (Å²) in [7, 11) is -3.73. The minimum Gasteiger partial charge on any atom is -0.263 e. The number of rotatable bonds is 4. The first-order valence-electron chi connectivity index (χ1n) is 5.77. The van der Waals surface area contributed by atoms with Gasteiger partial charge in [0.1, 0.15) is 4.90 Å². The van der Waals surface area contributed by atoms with Gasteiger partial charge in [0.05, 0.1) is 5.02 Å². The second-order valence-corrected chi connectivity index (χ2v) is 6.73. The third-order valence-electron chi connectivity index (χ3n) is 2.73. The van der Waals surface area contributed by atoms with Crippen molar-refractivity contribution >= 4 is 33.2 Å². The van der Waals surface area contributed by atoms with E-state index in [2.05, 4.69) is 9.71 Å². The van der Waals surface area contributed by atoms with Crippen molar-refractivity contribution in [2.45, 2.75) is 17.9 Å². The molecule has 1 N–H and O–H groups in total. The molecule has 0 saturated heterocycles. The first-order chi connectivity index (χ1) is 9.40. The Hall–Kier alpha value is -1.14. The van der Waals surface area contributed by atoms with Gasteiger partial charge in [-0.1, -0.05) is 35.3 Å². The highest BCUT2D eigenvalue weighted by atomic mass is 35.5. The Morgan fingerprint density at radius 1 is 1.15 bits per heavy atom. The Bertz CT molecular complexity index is 703. The van der Waals surface area contributed by atoms with Crippen molar-refractivity contribution in [2.75, 3.05) is 0 Å². The lowest BCUT2D eigenvalue weighted by molar-refractivity contribution is 0.566. The average Bonchev–Trinajstić information content (AvgIpc) is 2.39. The summed E-state index contributed by atoms with van der Waals surface area (Å²) in [6, 6.07) is 7.97. The fraction of sp³-hybridized carbons (Fsp3) is 0.154. The summed E-state index contributed by atoms with van der Waals surface area (Å²) in [5.41, 5.74) is 0.804. The molecule has 106 valence electrons. The molecule has 0 amide bonds. The molecule has 1 unspecified atom stereocenters. The summed E-state index contributed by atoms with van der Waals surface area (Å²) >= 11 is 11.7. The van der Waals surface area contributed by atoms with E-state index >= 15 is 0 Å². The molecule has 0 fully saturated rings. The Kier molecular flexibility index (Phi) is 4.65. The first-order valence-corrected chi connectivity index (χ1v) is 8.01. The zero-order chi connectivity index (χ0) is 14.8. The Balaban J connectivity index is 2.24. The van der Waals surface area contributed by atoms with Crippen LogP contribution in [0.1, 0.15) is 18.5 Å². The van der Waals surface area contributed by atoms with Gasteiger partial charge in [0.2, 0.25) is 10.0 Å². The fourth-order valence-electron chi connectivity index (χ4n) is 1.68. The van der Waals surface area contributed by atoms with Crippen LogP contribution < -0.4 is 4.72 Å². The van der Waals surface area contributed by atoms with Crippen LogP contribution >= 0.6 is 23.2 Å². The number of nitrogens with one attached hydrogen (secondary N) is 1. The van der Waals surface area contributed by atoms with Crippen molar-refractivity contribution in [2.24, 2.45) is 0 Å². The van der Waals surface area contributed by atoms with Crippen LogP contribution in [0.5, 0.6) is 0 Å². The molecule has 1 atom stereocenters. The van der Waals surface area contributed by atoms with Crippen LogP contribution in [-0.2, 0) is 10.0 Å². The van der Waals surface area contributed by atoms with Crippen molar-refractivity contribution < 1.29 is 8.42 Å². The van der Waals surface area contributed by atoms with Crippen LogP contribution in [0, 0.1) is 0 Å². The third-order valence-corrected chi connectivity index (χ3v) is 4.99. The highest BCUT2D eigenvalue weighted by Crippen LogP contribution is 2.22. The van der Waals surface area contributed by atoms with E-state index in [4.69, 9.17) is 23.2 Å². The lowest BCUT2D eigenvalue weighted by Gasteiger charge is -2.15.